The summed E-state index contributed by atoms with van der Waals surface area (Å²) in [5.74, 6) is -0.502. The van der Waals surface area contributed by atoms with Crippen LogP contribution in [0, 0.1) is 13.8 Å². The number of amides is 1. The summed E-state index contributed by atoms with van der Waals surface area (Å²) in [6, 6.07) is 4.29. The van der Waals surface area contributed by atoms with Crippen LogP contribution in [0.5, 0.6) is 0 Å². The molecule has 1 amide bonds. The van der Waals surface area contributed by atoms with Crippen molar-refractivity contribution in [3.63, 3.8) is 0 Å². The van der Waals surface area contributed by atoms with Crippen LogP contribution in [0.4, 0.5) is 5.69 Å². The van der Waals surface area contributed by atoms with Crippen molar-refractivity contribution in [2.24, 2.45) is 5.14 Å². The average molecular weight is 419 g/mol. The molecule has 0 saturated carbocycles. The van der Waals surface area contributed by atoms with Crippen molar-refractivity contribution in [3.05, 3.63) is 50.7 Å². The van der Waals surface area contributed by atoms with E-state index in [0.29, 0.717) is 15.7 Å². The van der Waals surface area contributed by atoms with E-state index in [0.717, 1.165) is 5.56 Å². The Kier molecular flexibility index (Phi) is 5.10. The predicted molar refractivity (Wildman–Crippen MR) is 92.2 cm³/mol. The Morgan fingerprint density at radius 2 is 1.96 bits per heavy atom. The molecule has 2 aromatic rings. The summed E-state index contributed by atoms with van der Waals surface area (Å²) in [6.07, 6.45) is 1.47. The molecule has 6 nitrogen and oxygen atoms in total. The van der Waals surface area contributed by atoms with Gasteiger partial charge < -0.3 is 5.32 Å². The van der Waals surface area contributed by atoms with Gasteiger partial charge in [0.2, 0.25) is 10.0 Å². The Morgan fingerprint density at radius 3 is 2.57 bits per heavy atom. The molecule has 2 rings (SSSR count). The number of hydrogen-bond acceptors (Lipinski definition) is 4. The van der Waals surface area contributed by atoms with Crippen molar-refractivity contribution in [1.29, 1.82) is 0 Å². The first-order chi connectivity index (χ1) is 10.6. The van der Waals surface area contributed by atoms with Gasteiger partial charge in [0.05, 0.1) is 10.5 Å². The fraction of sp³-hybridized carbons (Fsp3) is 0.143. The molecule has 0 aliphatic rings. The molecule has 0 fully saturated rings. The Balaban J connectivity index is 2.45. The number of carbonyl (C=O) groups excluding carboxylic acids is 1. The number of nitrogens with one attached hydrogen (secondary N) is 1. The number of carbonyl (C=O) groups is 1. The molecule has 0 atom stereocenters. The summed E-state index contributed by atoms with van der Waals surface area (Å²) in [5, 5.41) is 7.84. The third-order valence-corrected chi connectivity index (χ3v) is 4.90. The average Bonchev–Trinajstić information content (AvgIpc) is 2.45. The van der Waals surface area contributed by atoms with Gasteiger partial charge in [0.25, 0.3) is 5.91 Å². The van der Waals surface area contributed by atoms with E-state index in [4.69, 9.17) is 16.7 Å². The fourth-order valence-corrected chi connectivity index (χ4v) is 3.04. The van der Waals surface area contributed by atoms with E-state index in [9.17, 15) is 13.2 Å². The van der Waals surface area contributed by atoms with Gasteiger partial charge >= 0.3 is 0 Å². The smallest absolute Gasteiger partial charge is 0.258 e. The van der Waals surface area contributed by atoms with Crippen LogP contribution in [0.2, 0.25) is 5.15 Å². The van der Waals surface area contributed by atoms with E-state index in [1.54, 1.807) is 13.8 Å². The maximum Gasteiger partial charge on any atom is 0.258 e. The number of aromatic nitrogens is 1. The summed E-state index contributed by atoms with van der Waals surface area (Å²) >= 11 is 9.14. The van der Waals surface area contributed by atoms with Crippen molar-refractivity contribution in [2.45, 2.75) is 18.7 Å². The number of rotatable bonds is 3. The quantitative estimate of drug-likeness (QED) is 0.748. The molecular formula is C14H13BrClN3O3S. The van der Waals surface area contributed by atoms with Crippen molar-refractivity contribution in [1.82, 2.24) is 4.98 Å². The zero-order valence-corrected chi connectivity index (χ0v) is 15.4. The molecule has 0 unspecified atom stereocenters. The molecule has 0 spiro atoms. The number of sulfonamides is 1. The van der Waals surface area contributed by atoms with Crippen molar-refractivity contribution in [2.75, 3.05) is 5.32 Å². The second-order valence-electron chi connectivity index (χ2n) is 4.90. The molecule has 23 heavy (non-hydrogen) atoms. The van der Waals surface area contributed by atoms with E-state index in [-0.39, 0.29) is 15.6 Å². The van der Waals surface area contributed by atoms with Gasteiger partial charge in [-0.05, 0) is 59.1 Å². The maximum absolute atomic E-state index is 12.4. The molecular weight excluding hydrogens is 406 g/mol. The second kappa shape index (κ2) is 6.56. The third-order valence-electron chi connectivity index (χ3n) is 3.27. The van der Waals surface area contributed by atoms with Crippen molar-refractivity contribution < 1.29 is 13.2 Å². The lowest BCUT2D eigenvalue weighted by Crippen LogP contribution is -2.17. The first-order valence-electron chi connectivity index (χ1n) is 6.36. The van der Waals surface area contributed by atoms with Crippen LogP contribution in [-0.4, -0.2) is 19.3 Å². The standard InChI is InChI=1S/C14H13BrClN3O3S/c1-7-3-10(23(17,21)22)5-12(8(7)2)19-14(20)11-4-9(15)6-18-13(11)16/h3-6H,1-2H3,(H,19,20)(H2,17,21,22). The Morgan fingerprint density at radius 1 is 1.30 bits per heavy atom. The lowest BCUT2D eigenvalue weighted by atomic mass is 10.1. The van der Waals surface area contributed by atoms with Gasteiger partial charge in [0.15, 0.2) is 0 Å². The van der Waals surface area contributed by atoms with Crippen LogP contribution in [0.15, 0.2) is 33.8 Å². The third kappa shape index (κ3) is 4.08. The molecule has 0 aliphatic carbocycles. The van der Waals surface area contributed by atoms with Crippen molar-refractivity contribution in [3.8, 4) is 0 Å². The minimum Gasteiger partial charge on any atom is -0.322 e. The largest absolute Gasteiger partial charge is 0.322 e. The minimum atomic E-state index is -3.88. The van der Waals surface area contributed by atoms with Gasteiger partial charge in [0, 0.05) is 16.4 Å². The van der Waals surface area contributed by atoms with Crippen LogP contribution >= 0.6 is 27.5 Å². The number of aryl methyl sites for hydroxylation is 1. The molecule has 9 heteroatoms. The minimum absolute atomic E-state index is 0.0441. The van der Waals surface area contributed by atoms with E-state index >= 15 is 0 Å². The SMILES string of the molecule is Cc1cc(S(N)(=O)=O)cc(NC(=O)c2cc(Br)cnc2Cl)c1C. The molecule has 1 aromatic heterocycles. The van der Waals surface area contributed by atoms with Gasteiger partial charge in [-0.25, -0.2) is 18.5 Å². The molecule has 1 aromatic carbocycles. The highest BCUT2D eigenvalue weighted by Gasteiger charge is 2.17. The monoisotopic (exact) mass is 417 g/mol. The van der Waals surface area contributed by atoms with Gasteiger partial charge in [-0.2, -0.15) is 0 Å². The Bertz CT molecular complexity index is 900. The van der Waals surface area contributed by atoms with Crippen molar-refractivity contribution >= 4 is 49.1 Å². The van der Waals surface area contributed by atoms with Gasteiger partial charge in [-0.1, -0.05) is 11.6 Å². The molecule has 3 N–H and O–H groups in total. The Hall–Kier alpha value is -1.48. The number of pyridine rings is 1. The Labute approximate surface area is 147 Å². The van der Waals surface area contributed by atoms with Crippen LogP contribution in [-0.2, 0) is 10.0 Å². The van der Waals surface area contributed by atoms with Gasteiger partial charge in [-0.15, -0.1) is 0 Å². The summed E-state index contributed by atoms with van der Waals surface area (Å²) < 4.78 is 23.7. The lowest BCUT2D eigenvalue weighted by Gasteiger charge is -2.13. The maximum atomic E-state index is 12.4. The topological polar surface area (TPSA) is 102 Å². The van der Waals surface area contributed by atoms with E-state index in [1.807, 2.05) is 0 Å². The highest BCUT2D eigenvalue weighted by atomic mass is 79.9. The molecule has 0 saturated heterocycles. The first-order valence-corrected chi connectivity index (χ1v) is 9.08. The number of nitrogens with two attached hydrogens (primary N) is 1. The number of benzene rings is 1. The van der Waals surface area contributed by atoms with Gasteiger partial charge in [0.1, 0.15) is 5.15 Å². The van der Waals surface area contributed by atoms with Gasteiger partial charge in [-0.3, -0.25) is 4.79 Å². The molecule has 122 valence electrons. The van der Waals surface area contributed by atoms with Crippen LogP contribution < -0.4 is 10.5 Å². The summed E-state index contributed by atoms with van der Waals surface area (Å²) in [4.78, 5) is 16.2. The highest BCUT2D eigenvalue weighted by Crippen LogP contribution is 2.25. The normalized spacial score (nSPS) is 11.3. The highest BCUT2D eigenvalue weighted by molar-refractivity contribution is 9.10. The second-order valence-corrected chi connectivity index (χ2v) is 7.74. The van der Waals surface area contributed by atoms with E-state index in [1.165, 1.54) is 24.4 Å². The van der Waals surface area contributed by atoms with Crippen LogP contribution in [0.3, 0.4) is 0 Å². The first kappa shape index (κ1) is 17.9. The molecule has 1 heterocycles. The predicted octanol–water partition coefficient (Wildman–Crippen LogP) is 3.01. The molecule has 0 aliphatic heterocycles. The summed E-state index contributed by atoms with van der Waals surface area (Å²) in [6.45, 7) is 3.49. The zero-order valence-electron chi connectivity index (χ0n) is 12.2. The number of halogens is 2. The lowest BCUT2D eigenvalue weighted by molar-refractivity contribution is 0.102. The summed E-state index contributed by atoms with van der Waals surface area (Å²) in [7, 11) is -3.88. The number of anilines is 1. The summed E-state index contributed by atoms with van der Waals surface area (Å²) in [5.41, 5.74) is 1.92. The van der Waals surface area contributed by atoms with E-state index in [2.05, 4.69) is 26.2 Å². The number of nitrogens with zero attached hydrogens (tertiary/aromatic N) is 1. The zero-order chi connectivity index (χ0) is 17.4. The number of hydrogen-bond donors (Lipinski definition) is 2. The van der Waals surface area contributed by atoms with E-state index < -0.39 is 15.9 Å². The van der Waals surface area contributed by atoms with Crippen LogP contribution in [0.25, 0.3) is 0 Å². The molecule has 0 radical (unpaired) electrons. The molecule has 0 bridgehead atoms. The number of primary sulfonamides is 1. The fourth-order valence-electron chi connectivity index (χ4n) is 1.89. The van der Waals surface area contributed by atoms with Crippen LogP contribution in [0.1, 0.15) is 21.5 Å².